The fourth-order valence-corrected chi connectivity index (χ4v) is 2.76. The minimum absolute atomic E-state index is 0.00660. The van der Waals surface area contributed by atoms with Gasteiger partial charge in [-0.2, -0.15) is 13.2 Å². The molecule has 2 saturated heterocycles. The summed E-state index contributed by atoms with van der Waals surface area (Å²) in [6.07, 6.45) is -6.67. The number of rotatable bonds is 2. The topological polar surface area (TPSA) is 61.5 Å². The standard InChI is InChI=1S/C9H12F3NO3/c1-15-6(14)8-2-7(3-8,4-13)16-5(8)9(10,11)12/h5H,2-4,13H2,1H3. The molecule has 2 bridgehead atoms. The number of ether oxygens (including phenoxy) is 2. The molecule has 1 unspecified atom stereocenters. The minimum Gasteiger partial charge on any atom is -0.469 e. The van der Waals surface area contributed by atoms with Crippen molar-refractivity contribution in [2.24, 2.45) is 11.1 Å². The molecule has 3 fully saturated rings. The number of hydrogen-bond acceptors (Lipinski definition) is 4. The predicted octanol–water partition coefficient (Wildman–Crippen LogP) is 0.598. The number of carbonyl (C=O) groups is 1. The lowest BCUT2D eigenvalue weighted by molar-refractivity contribution is -0.226. The van der Waals surface area contributed by atoms with Gasteiger partial charge in [-0.05, 0) is 12.8 Å². The van der Waals surface area contributed by atoms with Crippen molar-refractivity contribution in [2.45, 2.75) is 30.7 Å². The molecule has 4 nitrogen and oxygen atoms in total. The number of nitrogens with two attached hydrogens (primary N) is 1. The molecule has 3 aliphatic rings. The third-order valence-electron chi connectivity index (χ3n) is 3.41. The number of carbonyl (C=O) groups excluding carboxylic acids is 1. The molecule has 0 aromatic rings. The first kappa shape index (κ1) is 11.7. The first-order valence-corrected chi connectivity index (χ1v) is 4.83. The van der Waals surface area contributed by atoms with Crippen LogP contribution < -0.4 is 5.73 Å². The molecule has 2 heterocycles. The van der Waals surface area contributed by atoms with Gasteiger partial charge >= 0.3 is 12.1 Å². The van der Waals surface area contributed by atoms with Gasteiger partial charge in [-0.25, -0.2) is 0 Å². The van der Waals surface area contributed by atoms with Crippen molar-refractivity contribution in [3.63, 3.8) is 0 Å². The van der Waals surface area contributed by atoms with Gasteiger partial charge in [0, 0.05) is 6.54 Å². The number of fused-ring (bicyclic) bond motifs is 1. The van der Waals surface area contributed by atoms with Gasteiger partial charge in [-0.1, -0.05) is 0 Å². The molecule has 3 rings (SSSR count). The summed E-state index contributed by atoms with van der Waals surface area (Å²) in [4.78, 5) is 11.4. The number of alkyl halides is 3. The van der Waals surface area contributed by atoms with E-state index < -0.39 is 29.3 Å². The number of esters is 1. The molecule has 0 amide bonds. The second-order valence-corrected chi connectivity index (χ2v) is 4.43. The van der Waals surface area contributed by atoms with Crippen molar-refractivity contribution < 1.29 is 27.4 Å². The molecular weight excluding hydrogens is 227 g/mol. The fourth-order valence-electron chi connectivity index (χ4n) is 2.76. The van der Waals surface area contributed by atoms with Crippen molar-refractivity contribution in [3.05, 3.63) is 0 Å². The van der Waals surface area contributed by atoms with E-state index in [9.17, 15) is 18.0 Å². The lowest BCUT2D eigenvalue weighted by atomic mass is 9.60. The highest BCUT2D eigenvalue weighted by Crippen LogP contribution is 2.64. The van der Waals surface area contributed by atoms with Crippen molar-refractivity contribution in [3.8, 4) is 0 Å². The van der Waals surface area contributed by atoms with Crippen LogP contribution in [0.25, 0.3) is 0 Å². The summed E-state index contributed by atoms with van der Waals surface area (Å²) in [5.41, 5.74) is 2.80. The van der Waals surface area contributed by atoms with E-state index in [0.717, 1.165) is 7.11 Å². The highest BCUT2D eigenvalue weighted by molar-refractivity contribution is 5.80. The molecule has 0 radical (unpaired) electrons. The van der Waals surface area contributed by atoms with Gasteiger partial charge in [0.2, 0.25) is 0 Å². The van der Waals surface area contributed by atoms with Crippen LogP contribution in [0.5, 0.6) is 0 Å². The molecule has 2 aliphatic heterocycles. The summed E-state index contributed by atoms with van der Waals surface area (Å²) in [5, 5.41) is 0. The van der Waals surface area contributed by atoms with Crippen LogP contribution in [0.15, 0.2) is 0 Å². The molecule has 1 aliphatic carbocycles. The van der Waals surface area contributed by atoms with Crippen LogP contribution in [0.3, 0.4) is 0 Å². The quantitative estimate of drug-likeness (QED) is 0.717. The maximum absolute atomic E-state index is 12.7. The Morgan fingerprint density at radius 3 is 2.50 bits per heavy atom. The summed E-state index contributed by atoms with van der Waals surface area (Å²) < 4.78 is 47.5. The third kappa shape index (κ3) is 1.27. The van der Waals surface area contributed by atoms with Crippen LogP contribution in [0.1, 0.15) is 12.8 Å². The van der Waals surface area contributed by atoms with Crippen LogP contribution in [0, 0.1) is 5.41 Å². The number of methoxy groups -OCH3 is 1. The van der Waals surface area contributed by atoms with Crippen molar-refractivity contribution in [2.75, 3.05) is 13.7 Å². The van der Waals surface area contributed by atoms with Crippen LogP contribution in [0.2, 0.25) is 0 Å². The average molecular weight is 239 g/mol. The van der Waals surface area contributed by atoms with Crippen LogP contribution >= 0.6 is 0 Å². The summed E-state index contributed by atoms with van der Waals surface area (Å²) in [5.74, 6) is -0.864. The maximum Gasteiger partial charge on any atom is 0.415 e. The molecule has 0 aromatic carbocycles. The maximum atomic E-state index is 12.7. The summed E-state index contributed by atoms with van der Waals surface area (Å²) in [6, 6.07) is 0. The number of halogens is 3. The van der Waals surface area contributed by atoms with Crippen molar-refractivity contribution >= 4 is 5.97 Å². The van der Waals surface area contributed by atoms with Gasteiger partial charge in [-0.15, -0.1) is 0 Å². The average Bonchev–Trinajstić information content (AvgIpc) is 2.66. The Kier molecular flexibility index (Phi) is 2.26. The van der Waals surface area contributed by atoms with Gasteiger partial charge in [0.1, 0.15) is 5.41 Å². The van der Waals surface area contributed by atoms with E-state index in [1.54, 1.807) is 0 Å². The van der Waals surface area contributed by atoms with Gasteiger partial charge in [0.05, 0.1) is 12.7 Å². The highest BCUT2D eigenvalue weighted by Gasteiger charge is 2.77. The molecule has 0 spiro atoms. The Hall–Kier alpha value is -0.820. The number of hydrogen-bond donors (Lipinski definition) is 1. The Balaban J connectivity index is 2.30. The van der Waals surface area contributed by atoms with Crippen molar-refractivity contribution in [1.82, 2.24) is 0 Å². The molecule has 92 valence electrons. The molecule has 1 atom stereocenters. The van der Waals surface area contributed by atoms with Gasteiger partial charge in [-0.3, -0.25) is 4.79 Å². The SMILES string of the molecule is COC(=O)C12CC(CN)(C1)OC2C(F)(F)F. The monoisotopic (exact) mass is 239 g/mol. The van der Waals surface area contributed by atoms with Gasteiger partial charge < -0.3 is 15.2 Å². The molecular formula is C9H12F3NO3. The first-order chi connectivity index (χ1) is 7.30. The molecule has 2 N–H and O–H groups in total. The van der Waals surface area contributed by atoms with Crippen LogP contribution in [-0.4, -0.2) is 37.5 Å². The summed E-state index contributed by atoms with van der Waals surface area (Å²) >= 11 is 0. The first-order valence-electron chi connectivity index (χ1n) is 4.83. The Morgan fingerprint density at radius 2 is 2.12 bits per heavy atom. The Bertz CT molecular complexity index is 322. The minimum atomic E-state index is -4.57. The van der Waals surface area contributed by atoms with Crippen molar-refractivity contribution in [1.29, 1.82) is 0 Å². The zero-order valence-electron chi connectivity index (χ0n) is 8.63. The molecule has 0 aromatic heterocycles. The molecule has 7 heteroatoms. The van der Waals surface area contributed by atoms with Gasteiger partial charge in [0.15, 0.2) is 6.10 Å². The summed E-state index contributed by atoms with van der Waals surface area (Å²) in [6.45, 7) is -0.0156. The Labute approximate surface area is 89.9 Å². The zero-order chi connectivity index (χ0) is 12.2. The van der Waals surface area contributed by atoms with Crippen LogP contribution in [-0.2, 0) is 14.3 Å². The molecule has 1 saturated carbocycles. The highest BCUT2D eigenvalue weighted by atomic mass is 19.4. The van der Waals surface area contributed by atoms with E-state index in [1.807, 2.05) is 0 Å². The Morgan fingerprint density at radius 1 is 1.56 bits per heavy atom. The summed E-state index contributed by atoms with van der Waals surface area (Å²) in [7, 11) is 1.07. The fraction of sp³-hybridized carbons (Fsp3) is 0.889. The normalized spacial score (nSPS) is 41.7. The smallest absolute Gasteiger partial charge is 0.415 e. The third-order valence-corrected chi connectivity index (χ3v) is 3.41. The van der Waals surface area contributed by atoms with E-state index in [0.29, 0.717) is 0 Å². The van der Waals surface area contributed by atoms with E-state index in [-0.39, 0.29) is 19.4 Å². The zero-order valence-corrected chi connectivity index (χ0v) is 8.63. The molecule has 16 heavy (non-hydrogen) atoms. The van der Waals surface area contributed by atoms with Gasteiger partial charge in [0.25, 0.3) is 0 Å². The van der Waals surface area contributed by atoms with E-state index in [2.05, 4.69) is 4.74 Å². The van der Waals surface area contributed by atoms with E-state index >= 15 is 0 Å². The second-order valence-electron chi connectivity index (χ2n) is 4.43. The lowest BCUT2D eigenvalue weighted by Crippen LogP contribution is -2.55. The largest absolute Gasteiger partial charge is 0.469 e. The second kappa shape index (κ2) is 3.10. The van der Waals surface area contributed by atoms with E-state index in [4.69, 9.17) is 10.5 Å². The predicted molar refractivity (Wildman–Crippen MR) is 46.4 cm³/mol. The lowest BCUT2D eigenvalue weighted by Gasteiger charge is -2.42. The van der Waals surface area contributed by atoms with Crippen LogP contribution in [0.4, 0.5) is 13.2 Å². The van der Waals surface area contributed by atoms with E-state index in [1.165, 1.54) is 0 Å².